The molecule has 0 atom stereocenters. The predicted molar refractivity (Wildman–Crippen MR) is 92.5 cm³/mol. The fourth-order valence-electron chi connectivity index (χ4n) is 2.74. The van der Waals surface area contributed by atoms with Crippen molar-refractivity contribution in [2.75, 3.05) is 0 Å². The van der Waals surface area contributed by atoms with Crippen molar-refractivity contribution in [3.63, 3.8) is 0 Å². The zero-order valence-electron chi connectivity index (χ0n) is 12.2. The summed E-state index contributed by atoms with van der Waals surface area (Å²) < 4.78 is 5.51. The summed E-state index contributed by atoms with van der Waals surface area (Å²) in [5, 5.41) is 0. The second kappa shape index (κ2) is 6.69. The number of benzene rings is 3. The highest BCUT2D eigenvalue weighted by Gasteiger charge is 2.18. The maximum atomic E-state index is 3.56. The smallest absolute Gasteiger partial charge is 0.255 e. The third-order valence-corrected chi connectivity index (χ3v) is 4.25. The number of aromatic nitrogens is 2. The molecule has 0 saturated carbocycles. The molecule has 4 rings (SSSR count). The van der Waals surface area contributed by atoms with Gasteiger partial charge in [0, 0.05) is 4.47 Å². The molecular weight excluding hydrogens is 416 g/mol. The molecule has 4 heteroatoms. The fraction of sp³-hybridized carbons (Fsp3) is 0. The van der Waals surface area contributed by atoms with E-state index in [1.54, 1.807) is 0 Å². The van der Waals surface area contributed by atoms with Crippen LogP contribution >= 0.6 is 15.9 Å². The van der Waals surface area contributed by atoms with Crippen LogP contribution in [0.1, 0.15) is 0 Å². The summed E-state index contributed by atoms with van der Waals surface area (Å²) in [4.78, 5) is 0. The van der Waals surface area contributed by atoms with Gasteiger partial charge in [-0.2, -0.15) is 9.13 Å². The summed E-state index contributed by atoms with van der Waals surface area (Å²) in [6.07, 6.45) is 2.14. The van der Waals surface area contributed by atoms with Crippen LogP contribution in [0.3, 0.4) is 0 Å². The standard InChI is InChI=1S/C19H14BrN2.BrH/c20-15-7-6-10-17(13-15)22-14-21(16-8-2-1-3-9-16)18-11-4-5-12-19(18)22;/h1-14H;1H/q+1;/p-1. The Bertz CT molecular complexity index is 946. The summed E-state index contributed by atoms with van der Waals surface area (Å²) in [6, 6.07) is 27.2. The summed E-state index contributed by atoms with van der Waals surface area (Å²) >= 11 is 3.56. The van der Waals surface area contributed by atoms with Gasteiger partial charge in [-0.3, -0.25) is 0 Å². The zero-order chi connectivity index (χ0) is 14.9. The zero-order valence-corrected chi connectivity index (χ0v) is 15.4. The van der Waals surface area contributed by atoms with E-state index >= 15 is 0 Å². The van der Waals surface area contributed by atoms with Crippen LogP contribution in [0.5, 0.6) is 0 Å². The van der Waals surface area contributed by atoms with Crippen LogP contribution in [0.4, 0.5) is 0 Å². The highest BCUT2D eigenvalue weighted by atomic mass is 79.9. The van der Waals surface area contributed by atoms with Crippen LogP contribution in [0.15, 0.2) is 89.7 Å². The number of nitrogens with zero attached hydrogens (tertiary/aromatic N) is 2. The first-order valence-corrected chi connectivity index (χ1v) is 7.95. The molecule has 0 fully saturated rings. The third-order valence-electron chi connectivity index (χ3n) is 3.75. The lowest BCUT2D eigenvalue weighted by Crippen LogP contribution is -3.00. The van der Waals surface area contributed by atoms with Crippen molar-refractivity contribution in [1.82, 2.24) is 4.57 Å². The van der Waals surface area contributed by atoms with E-state index in [-0.39, 0.29) is 17.0 Å². The van der Waals surface area contributed by atoms with Crippen LogP contribution in [-0.4, -0.2) is 4.57 Å². The molecule has 1 heterocycles. The highest BCUT2D eigenvalue weighted by Crippen LogP contribution is 2.21. The topological polar surface area (TPSA) is 8.81 Å². The molecular formula is C19H14Br2N2. The van der Waals surface area contributed by atoms with E-state index < -0.39 is 0 Å². The lowest BCUT2D eigenvalue weighted by Gasteiger charge is -1.97. The Balaban J connectivity index is 0.00000156. The quantitative estimate of drug-likeness (QED) is 0.428. The molecule has 0 aliphatic heterocycles. The van der Waals surface area contributed by atoms with Gasteiger partial charge in [0.15, 0.2) is 11.0 Å². The molecule has 1 aromatic heterocycles. The first-order valence-electron chi connectivity index (χ1n) is 7.16. The maximum Gasteiger partial charge on any atom is 0.255 e. The number of fused-ring (bicyclic) bond motifs is 1. The molecule has 0 unspecified atom stereocenters. The number of hydrogen-bond donors (Lipinski definition) is 0. The molecule has 0 spiro atoms. The minimum atomic E-state index is 0. The Morgan fingerprint density at radius 2 is 1.52 bits per heavy atom. The fourth-order valence-corrected chi connectivity index (χ4v) is 3.12. The van der Waals surface area contributed by atoms with Crippen molar-refractivity contribution < 1.29 is 21.5 Å². The average Bonchev–Trinajstić information content (AvgIpc) is 2.95. The van der Waals surface area contributed by atoms with Gasteiger partial charge < -0.3 is 17.0 Å². The van der Waals surface area contributed by atoms with Crippen LogP contribution in [-0.2, 0) is 0 Å². The number of imidazole rings is 1. The molecule has 0 bridgehead atoms. The summed E-state index contributed by atoms with van der Waals surface area (Å²) in [6.45, 7) is 0. The average molecular weight is 430 g/mol. The molecule has 2 nitrogen and oxygen atoms in total. The van der Waals surface area contributed by atoms with Crippen LogP contribution in [0.2, 0.25) is 0 Å². The van der Waals surface area contributed by atoms with E-state index in [4.69, 9.17) is 0 Å². The van der Waals surface area contributed by atoms with E-state index in [0.29, 0.717) is 0 Å². The molecule has 0 amide bonds. The van der Waals surface area contributed by atoms with Gasteiger partial charge in [0.05, 0.1) is 0 Å². The van der Waals surface area contributed by atoms with E-state index in [2.05, 4.69) is 98.1 Å². The van der Waals surface area contributed by atoms with Crippen LogP contribution in [0, 0.1) is 0 Å². The van der Waals surface area contributed by atoms with E-state index in [9.17, 15) is 0 Å². The van der Waals surface area contributed by atoms with Crippen molar-refractivity contribution in [2.45, 2.75) is 0 Å². The lowest BCUT2D eigenvalue weighted by molar-refractivity contribution is -0.567. The maximum absolute atomic E-state index is 3.56. The second-order valence-corrected chi connectivity index (χ2v) is 6.08. The van der Waals surface area contributed by atoms with Gasteiger partial charge in [-0.1, -0.05) is 52.3 Å². The van der Waals surface area contributed by atoms with Crippen molar-refractivity contribution in [2.24, 2.45) is 0 Å². The van der Waals surface area contributed by atoms with Crippen molar-refractivity contribution >= 4 is 27.0 Å². The van der Waals surface area contributed by atoms with Crippen LogP contribution < -0.4 is 21.5 Å². The van der Waals surface area contributed by atoms with E-state index in [0.717, 1.165) is 15.8 Å². The number of para-hydroxylation sites is 3. The van der Waals surface area contributed by atoms with Crippen molar-refractivity contribution in [3.05, 3.63) is 89.7 Å². The molecule has 0 N–H and O–H groups in total. The summed E-state index contributed by atoms with van der Waals surface area (Å²) in [5.41, 5.74) is 4.67. The Hall–Kier alpha value is -1.91. The predicted octanol–water partition coefficient (Wildman–Crippen LogP) is 1.67. The SMILES string of the molecule is Brc1cccc(-n2c[n+](-c3ccccc3)c3ccccc32)c1.[Br-]. The summed E-state index contributed by atoms with van der Waals surface area (Å²) in [5.74, 6) is 0. The molecule has 0 aliphatic carbocycles. The number of halogens is 2. The molecule has 114 valence electrons. The lowest BCUT2D eigenvalue weighted by atomic mass is 10.2. The van der Waals surface area contributed by atoms with E-state index in [1.807, 2.05) is 12.1 Å². The van der Waals surface area contributed by atoms with Crippen LogP contribution in [0.25, 0.3) is 22.4 Å². The first-order chi connectivity index (χ1) is 10.8. The molecule has 23 heavy (non-hydrogen) atoms. The van der Waals surface area contributed by atoms with Crippen molar-refractivity contribution in [3.8, 4) is 11.4 Å². The molecule has 0 saturated heterocycles. The Morgan fingerprint density at radius 1 is 0.783 bits per heavy atom. The highest BCUT2D eigenvalue weighted by molar-refractivity contribution is 9.10. The normalized spacial score (nSPS) is 10.5. The summed E-state index contributed by atoms with van der Waals surface area (Å²) in [7, 11) is 0. The Morgan fingerprint density at radius 3 is 2.30 bits per heavy atom. The largest absolute Gasteiger partial charge is 1.00 e. The number of hydrogen-bond acceptors (Lipinski definition) is 0. The van der Waals surface area contributed by atoms with Gasteiger partial charge in [0.25, 0.3) is 6.33 Å². The molecule has 4 aromatic rings. The first kappa shape index (κ1) is 16.0. The second-order valence-electron chi connectivity index (χ2n) is 5.16. The molecule has 3 aromatic carbocycles. The monoisotopic (exact) mass is 428 g/mol. The molecule has 0 radical (unpaired) electrons. The minimum Gasteiger partial charge on any atom is -1.00 e. The number of rotatable bonds is 2. The third kappa shape index (κ3) is 2.96. The van der Waals surface area contributed by atoms with Gasteiger partial charge in [0.2, 0.25) is 0 Å². The molecule has 0 aliphatic rings. The van der Waals surface area contributed by atoms with Gasteiger partial charge in [-0.15, -0.1) is 0 Å². The van der Waals surface area contributed by atoms with Gasteiger partial charge in [-0.25, -0.2) is 0 Å². The van der Waals surface area contributed by atoms with Gasteiger partial charge in [-0.05, 0) is 42.5 Å². The Labute approximate surface area is 153 Å². The minimum absolute atomic E-state index is 0. The van der Waals surface area contributed by atoms with Gasteiger partial charge in [0.1, 0.15) is 11.4 Å². The van der Waals surface area contributed by atoms with E-state index in [1.165, 1.54) is 11.0 Å². The Kier molecular flexibility index (Phi) is 4.64. The van der Waals surface area contributed by atoms with Gasteiger partial charge >= 0.3 is 0 Å². The van der Waals surface area contributed by atoms with Crippen molar-refractivity contribution in [1.29, 1.82) is 0 Å².